The zero-order chi connectivity index (χ0) is 15.6. The van der Waals surface area contributed by atoms with Gasteiger partial charge in [-0.05, 0) is 24.3 Å². The first kappa shape index (κ1) is 13.7. The van der Waals surface area contributed by atoms with Crippen molar-refractivity contribution in [1.82, 2.24) is 19.7 Å². The highest BCUT2D eigenvalue weighted by molar-refractivity contribution is 5.92. The smallest absolute Gasteiger partial charge is 0.272 e. The summed E-state index contributed by atoms with van der Waals surface area (Å²) < 4.78 is 1.97. The maximum Gasteiger partial charge on any atom is 0.272 e. The molecule has 0 bridgehead atoms. The number of pyridine rings is 1. The van der Waals surface area contributed by atoms with Crippen molar-refractivity contribution in [3.8, 4) is 5.69 Å². The molecule has 0 saturated heterocycles. The Morgan fingerprint density at radius 3 is 2.65 bits per heavy atom. The number of hydrogen-bond acceptors (Lipinski definition) is 3. The van der Waals surface area contributed by atoms with E-state index in [2.05, 4.69) is 10.1 Å². The van der Waals surface area contributed by atoms with Gasteiger partial charge in [0, 0.05) is 31.3 Å². The number of para-hydroxylation sites is 1. The summed E-state index contributed by atoms with van der Waals surface area (Å²) >= 11 is 0. The molecule has 3 heterocycles. The van der Waals surface area contributed by atoms with Gasteiger partial charge in [-0.3, -0.25) is 9.78 Å². The van der Waals surface area contributed by atoms with Crippen LogP contribution in [-0.2, 0) is 13.0 Å². The summed E-state index contributed by atoms with van der Waals surface area (Å²) in [5, 5.41) is 4.50. The van der Waals surface area contributed by atoms with Crippen molar-refractivity contribution < 1.29 is 4.79 Å². The Morgan fingerprint density at radius 2 is 1.87 bits per heavy atom. The fourth-order valence-electron chi connectivity index (χ4n) is 2.95. The van der Waals surface area contributed by atoms with Gasteiger partial charge in [-0.2, -0.15) is 5.10 Å². The van der Waals surface area contributed by atoms with Gasteiger partial charge in [-0.15, -0.1) is 0 Å². The Bertz CT molecular complexity index is 827. The second-order valence-corrected chi connectivity index (χ2v) is 5.56. The Hall–Kier alpha value is -2.95. The second kappa shape index (κ2) is 5.68. The number of aromatic nitrogens is 3. The molecular formula is C18H16N4O. The van der Waals surface area contributed by atoms with Crippen LogP contribution < -0.4 is 0 Å². The van der Waals surface area contributed by atoms with Crippen molar-refractivity contribution in [2.24, 2.45) is 0 Å². The number of carbonyl (C=O) groups is 1. The zero-order valence-corrected chi connectivity index (χ0v) is 12.6. The first-order valence-electron chi connectivity index (χ1n) is 7.64. The largest absolute Gasteiger partial charge is 0.332 e. The first-order chi connectivity index (χ1) is 11.3. The van der Waals surface area contributed by atoms with E-state index in [0.29, 0.717) is 18.8 Å². The first-order valence-corrected chi connectivity index (χ1v) is 7.64. The molecular weight excluding hydrogens is 288 g/mol. The van der Waals surface area contributed by atoms with E-state index < -0.39 is 0 Å². The SMILES string of the molecule is O=C(c1ccccn1)N1CCc2c(cnn2-c2ccccc2)C1. The van der Waals surface area contributed by atoms with E-state index in [1.54, 1.807) is 12.3 Å². The maximum atomic E-state index is 12.5. The quantitative estimate of drug-likeness (QED) is 0.731. The van der Waals surface area contributed by atoms with Gasteiger partial charge in [0.05, 0.1) is 17.6 Å². The summed E-state index contributed by atoms with van der Waals surface area (Å²) in [6.45, 7) is 1.26. The second-order valence-electron chi connectivity index (χ2n) is 5.56. The summed E-state index contributed by atoms with van der Waals surface area (Å²) in [5.74, 6) is -0.0243. The third-order valence-electron chi connectivity index (χ3n) is 4.11. The van der Waals surface area contributed by atoms with Gasteiger partial charge in [0.25, 0.3) is 5.91 Å². The molecule has 0 saturated carbocycles. The van der Waals surface area contributed by atoms with E-state index in [1.165, 1.54) is 5.69 Å². The minimum atomic E-state index is -0.0243. The molecule has 5 nitrogen and oxygen atoms in total. The number of nitrogens with zero attached hydrogens (tertiary/aromatic N) is 4. The van der Waals surface area contributed by atoms with Crippen LogP contribution in [0.3, 0.4) is 0 Å². The predicted octanol–water partition coefficient (Wildman–Crippen LogP) is 2.47. The molecule has 0 fully saturated rings. The van der Waals surface area contributed by atoms with Crippen LogP contribution in [0, 0.1) is 0 Å². The summed E-state index contributed by atoms with van der Waals surface area (Å²) in [7, 11) is 0. The van der Waals surface area contributed by atoms with Gasteiger partial charge in [0.15, 0.2) is 0 Å². The third-order valence-corrected chi connectivity index (χ3v) is 4.11. The monoisotopic (exact) mass is 304 g/mol. The summed E-state index contributed by atoms with van der Waals surface area (Å²) in [6, 6.07) is 15.5. The van der Waals surface area contributed by atoms with Crippen LogP contribution in [0.15, 0.2) is 60.9 Å². The van der Waals surface area contributed by atoms with Gasteiger partial charge in [-0.25, -0.2) is 4.68 Å². The highest BCUT2D eigenvalue weighted by atomic mass is 16.2. The van der Waals surface area contributed by atoms with Crippen LogP contribution in [0.4, 0.5) is 0 Å². The number of carbonyl (C=O) groups excluding carboxylic acids is 1. The lowest BCUT2D eigenvalue weighted by Crippen LogP contribution is -2.36. The number of fused-ring (bicyclic) bond motifs is 1. The molecule has 0 N–H and O–H groups in total. The lowest BCUT2D eigenvalue weighted by Gasteiger charge is -2.27. The Kier molecular flexibility index (Phi) is 3.38. The van der Waals surface area contributed by atoms with Crippen molar-refractivity contribution in [2.75, 3.05) is 6.54 Å². The molecule has 0 spiro atoms. The highest BCUT2D eigenvalue weighted by Gasteiger charge is 2.25. The Morgan fingerprint density at radius 1 is 1.04 bits per heavy atom. The molecule has 4 rings (SSSR count). The van der Waals surface area contributed by atoms with E-state index in [-0.39, 0.29) is 5.91 Å². The lowest BCUT2D eigenvalue weighted by molar-refractivity contribution is 0.0728. The van der Waals surface area contributed by atoms with Crippen LogP contribution in [0.5, 0.6) is 0 Å². The minimum Gasteiger partial charge on any atom is -0.332 e. The van der Waals surface area contributed by atoms with Gasteiger partial charge < -0.3 is 4.90 Å². The van der Waals surface area contributed by atoms with Crippen molar-refractivity contribution in [3.05, 3.63) is 77.9 Å². The maximum absolute atomic E-state index is 12.5. The standard InChI is InChI=1S/C18H16N4O/c23-18(16-8-4-5-10-19-16)21-11-9-17-14(13-21)12-20-22(17)15-6-2-1-3-7-15/h1-8,10,12H,9,11,13H2. The van der Waals surface area contributed by atoms with Gasteiger partial charge >= 0.3 is 0 Å². The number of hydrogen-bond donors (Lipinski definition) is 0. The molecule has 1 aromatic carbocycles. The molecule has 114 valence electrons. The van der Waals surface area contributed by atoms with E-state index >= 15 is 0 Å². The van der Waals surface area contributed by atoms with E-state index in [9.17, 15) is 4.79 Å². The fraction of sp³-hybridized carbons (Fsp3) is 0.167. The molecule has 0 unspecified atom stereocenters. The fourth-order valence-corrected chi connectivity index (χ4v) is 2.95. The van der Waals surface area contributed by atoms with Crippen molar-refractivity contribution in [1.29, 1.82) is 0 Å². The van der Waals surface area contributed by atoms with Crippen LogP contribution >= 0.6 is 0 Å². The molecule has 1 aliphatic heterocycles. The average Bonchev–Trinajstić information content (AvgIpc) is 3.06. The summed E-state index contributed by atoms with van der Waals surface area (Å²) in [6.07, 6.45) is 4.30. The zero-order valence-electron chi connectivity index (χ0n) is 12.6. The normalized spacial score (nSPS) is 13.7. The molecule has 0 radical (unpaired) electrons. The van der Waals surface area contributed by atoms with Gasteiger partial charge in [0.1, 0.15) is 5.69 Å². The predicted molar refractivity (Wildman–Crippen MR) is 86.2 cm³/mol. The molecule has 1 aliphatic rings. The van der Waals surface area contributed by atoms with Crippen LogP contribution in [0.25, 0.3) is 5.69 Å². The molecule has 0 aliphatic carbocycles. The van der Waals surface area contributed by atoms with Gasteiger partial charge in [-0.1, -0.05) is 24.3 Å². The molecule has 3 aromatic rings. The van der Waals surface area contributed by atoms with E-state index in [1.807, 2.05) is 58.2 Å². The summed E-state index contributed by atoms with van der Waals surface area (Å²) in [5.41, 5.74) is 3.83. The lowest BCUT2D eigenvalue weighted by atomic mass is 10.1. The average molecular weight is 304 g/mol. The van der Waals surface area contributed by atoms with E-state index in [0.717, 1.165) is 17.7 Å². The minimum absolute atomic E-state index is 0.0243. The molecule has 1 amide bonds. The summed E-state index contributed by atoms with van der Waals surface area (Å²) in [4.78, 5) is 18.5. The highest BCUT2D eigenvalue weighted by Crippen LogP contribution is 2.22. The number of benzene rings is 1. The topological polar surface area (TPSA) is 51.0 Å². The Balaban J connectivity index is 1.60. The number of amides is 1. The molecule has 0 atom stereocenters. The van der Waals surface area contributed by atoms with Crippen molar-refractivity contribution in [3.63, 3.8) is 0 Å². The number of rotatable bonds is 2. The Labute approximate surface area is 134 Å². The van der Waals surface area contributed by atoms with Crippen LogP contribution in [-0.4, -0.2) is 32.1 Å². The molecule has 5 heteroatoms. The van der Waals surface area contributed by atoms with Crippen LogP contribution in [0.2, 0.25) is 0 Å². The van der Waals surface area contributed by atoms with Gasteiger partial charge in [0.2, 0.25) is 0 Å². The van der Waals surface area contributed by atoms with E-state index in [4.69, 9.17) is 0 Å². The van der Waals surface area contributed by atoms with Crippen molar-refractivity contribution in [2.45, 2.75) is 13.0 Å². The van der Waals surface area contributed by atoms with Crippen molar-refractivity contribution >= 4 is 5.91 Å². The third kappa shape index (κ3) is 2.50. The molecule has 23 heavy (non-hydrogen) atoms. The van der Waals surface area contributed by atoms with Crippen LogP contribution in [0.1, 0.15) is 21.7 Å². The molecule has 2 aromatic heterocycles.